The Hall–Kier alpha value is -2.49. The Bertz CT molecular complexity index is 665. The predicted octanol–water partition coefficient (Wildman–Crippen LogP) is 2.12. The first kappa shape index (κ1) is 11.6. The number of hydrogen-bond acceptors (Lipinski definition) is 3. The van der Waals surface area contributed by atoms with Crippen LogP contribution in [-0.4, -0.2) is 16.7 Å². The third-order valence-electron chi connectivity index (χ3n) is 3.26. The topological polar surface area (TPSA) is 50.3 Å². The number of carbonyl (C=O) groups excluding carboxylic acids is 2. The Labute approximate surface area is 110 Å². The molecule has 0 saturated heterocycles. The average Bonchev–Trinajstić information content (AvgIpc) is 2.67. The molecule has 0 bridgehead atoms. The number of hydrogen-bond donors (Lipinski definition) is 0. The molecule has 1 amide bonds. The van der Waals surface area contributed by atoms with Gasteiger partial charge in [0.15, 0.2) is 0 Å². The normalized spacial score (nSPS) is 13.8. The van der Waals surface area contributed by atoms with E-state index in [-0.39, 0.29) is 0 Å². The van der Waals surface area contributed by atoms with Crippen molar-refractivity contribution in [2.45, 2.75) is 13.5 Å². The summed E-state index contributed by atoms with van der Waals surface area (Å²) in [4.78, 5) is 29.6. The van der Waals surface area contributed by atoms with Crippen molar-refractivity contribution in [1.29, 1.82) is 0 Å². The van der Waals surface area contributed by atoms with Gasteiger partial charge in [-0.1, -0.05) is 18.2 Å². The summed E-state index contributed by atoms with van der Waals surface area (Å²) in [6, 6.07) is 9.11. The summed E-state index contributed by atoms with van der Waals surface area (Å²) in [5, 5.41) is 0. The number of ketones is 1. The summed E-state index contributed by atoms with van der Waals surface area (Å²) in [5.74, 6) is -0.893. The summed E-state index contributed by atoms with van der Waals surface area (Å²) < 4.78 is 0. The standard InChI is InChI=1S/C15H12N2O2/c1-10-4-2-6-12-13(10)17(15(19)14(12)18)9-11-5-3-7-16-8-11/h2-8H,9H2,1H3. The number of nitrogens with zero attached hydrogens (tertiary/aromatic N) is 2. The summed E-state index contributed by atoms with van der Waals surface area (Å²) in [5.41, 5.74) is 3.05. The van der Waals surface area contributed by atoms with Crippen LogP contribution >= 0.6 is 0 Å². The van der Waals surface area contributed by atoms with Gasteiger partial charge in [0.2, 0.25) is 0 Å². The van der Waals surface area contributed by atoms with Crippen molar-refractivity contribution < 1.29 is 9.59 Å². The van der Waals surface area contributed by atoms with Gasteiger partial charge in [0.05, 0.1) is 17.8 Å². The summed E-state index contributed by atoms with van der Waals surface area (Å²) in [7, 11) is 0. The Kier molecular flexibility index (Phi) is 2.63. The molecule has 0 saturated carbocycles. The highest BCUT2D eigenvalue weighted by molar-refractivity contribution is 6.52. The van der Waals surface area contributed by atoms with Gasteiger partial charge in [-0.05, 0) is 30.2 Å². The molecule has 2 heterocycles. The van der Waals surface area contributed by atoms with E-state index in [4.69, 9.17) is 0 Å². The Morgan fingerprint density at radius 3 is 2.74 bits per heavy atom. The minimum atomic E-state index is -0.465. The number of anilines is 1. The molecule has 1 aromatic heterocycles. The van der Waals surface area contributed by atoms with Crippen LogP contribution in [0.5, 0.6) is 0 Å². The average molecular weight is 252 g/mol. The monoisotopic (exact) mass is 252 g/mol. The van der Waals surface area contributed by atoms with Gasteiger partial charge in [-0.25, -0.2) is 0 Å². The zero-order valence-corrected chi connectivity index (χ0v) is 10.5. The summed E-state index contributed by atoms with van der Waals surface area (Å²) >= 11 is 0. The van der Waals surface area contributed by atoms with Gasteiger partial charge in [0.25, 0.3) is 11.7 Å². The fraction of sp³-hybridized carbons (Fsp3) is 0.133. The molecule has 4 nitrogen and oxygen atoms in total. The van der Waals surface area contributed by atoms with Gasteiger partial charge in [0, 0.05) is 12.4 Å². The molecular formula is C15H12N2O2. The molecule has 1 aromatic carbocycles. The number of aromatic nitrogens is 1. The van der Waals surface area contributed by atoms with Gasteiger partial charge >= 0.3 is 0 Å². The summed E-state index contributed by atoms with van der Waals surface area (Å²) in [6.45, 7) is 2.28. The predicted molar refractivity (Wildman–Crippen MR) is 70.9 cm³/mol. The molecule has 94 valence electrons. The van der Waals surface area contributed by atoms with E-state index in [2.05, 4.69) is 4.98 Å². The number of carbonyl (C=O) groups is 2. The third-order valence-corrected chi connectivity index (χ3v) is 3.26. The first-order chi connectivity index (χ1) is 9.18. The van der Waals surface area contributed by atoms with Crippen LogP contribution < -0.4 is 4.90 Å². The zero-order chi connectivity index (χ0) is 13.4. The van der Waals surface area contributed by atoms with Crippen LogP contribution in [0.3, 0.4) is 0 Å². The van der Waals surface area contributed by atoms with Gasteiger partial charge in [-0.3, -0.25) is 14.6 Å². The maximum atomic E-state index is 12.1. The second kappa shape index (κ2) is 4.31. The van der Waals surface area contributed by atoms with Crippen molar-refractivity contribution in [3.63, 3.8) is 0 Å². The van der Waals surface area contributed by atoms with E-state index in [1.165, 1.54) is 4.90 Å². The van der Waals surface area contributed by atoms with Crippen LogP contribution in [0.4, 0.5) is 5.69 Å². The van der Waals surface area contributed by atoms with Crippen molar-refractivity contribution in [1.82, 2.24) is 4.98 Å². The maximum absolute atomic E-state index is 12.1. The lowest BCUT2D eigenvalue weighted by atomic mass is 10.1. The lowest BCUT2D eigenvalue weighted by Crippen LogP contribution is -2.29. The third kappa shape index (κ3) is 1.81. The molecule has 3 rings (SSSR count). The van der Waals surface area contributed by atoms with Crippen molar-refractivity contribution >= 4 is 17.4 Å². The molecule has 1 aliphatic heterocycles. The molecule has 19 heavy (non-hydrogen) atoms. The molecule has 1 aliphatic rings. The molecule has 0 aliphatic carbocycles. The van der Waals surface area contributed by atoms with Crippen molar-refractivity contribution in [3.05, 3.63) is 59.4 Å². The number of para-hydroxylation sites is 1. The molecule has 0 fully saturated rings. The molecule has 0 spiro atoms. The molecule has 0 N–H and O–H groups in total. The molecule has 2 aromatic rings. The lowest BCUT2D eigenvalue weighted by molar-refractivity contribution is -0.114. The molecular weight excluding hydrogens is 240 g/mol. The van der Waals surface area contributed by atoms with E-state index in [9.17, 15) is 9.59 Å². The fourth-order valence-electron chi connectivity index (χ4n) is 2.36. The zero-order valence-electron chi connectivity index (χ0n) is 10.5. The highest BCUT2D eigenvalue weighted by Crippen LogP contribution is 2.33. The van der Waals surface area contributed by atoms with Crippen LogP contribution in [0.1, 0.15) is 21.5 Å². The van der Waals surface area contributed by atoms with E-state index in [0.717, 1.165) is 16.8 Å². The fourth-order valence-corrected chi connectivity index (χ4v) is 2.36. The minimum Gasteiger partial charge on any atom is -0.300 e. The maximum Gasteiger partial charge on any atom is 0.299 e. The lowest BCUT2D eigenvalue weighted by Gasteiger charge is -2.18. The largest absolute Gasteiger partial charge is 0.300 e. The summed E-state index contributed by atoms with van der Waals surface area (Å²) in [6.07, 6.45) is 3.38. The van der Waals surface area contributed by atoms with Crippen molar-refractivity contribution in [2.75, 3.05) is 4.90 Å². The number of fused-ring (bicyclic) bond motifs is 1. The van der Waals surface area contributed by atoms with Crippen LogP contribution in [0.2, 0.25) is 0 Å². The Balaban J connectivity index is 2.04. The van der Waals surface area contributed by atoms with E-state index >= 15 is 0 Å². The Morgan fingerprint density at radius 2 is 2.00 bits per heavy atom. The van der Waals surface area contributed by atoms with Crippen LogP contribution in [0.25, 0.3) is 0 Å². The van der Waals surface area contributed by atoms with Crippen molar-refractivity contribution in [2.24, 2.45) is 0 Å². The number of amides is 1. The number of aryl methyl sites for hydroxylation is 1. The molecule has 0 atom stereocenters. The second-order valence-electron chi connectivity index (χ2n) is 4.55. The first-order valence-electron chi connectivity index (χ1n) is 6.03. The molecule has 4 heteroatoms. The smallest absolute Gasteiger partial charge is 0.299 e. The highest BCUT2D eigenvalue weighted by Gasteiger charge is 2.36. The van der Waals surface area contributed by atoms with Gasteiger partial charge in [-0.2, -0.15) is 0 Å². The number of rotatable bonds is 2. The minimum absolute atomic E-state index is 0.371. The van der Waals surface area contributed by atoms with E-state index in [1.807, 2.05) is 25.1 Å². The second-order valence-corrected chi connectivity index (χ2v) is 4.55. The number of pyridine rings is 1. The van der Waals surface area contributed by atoms with Gasteiger partial charge < -0.3 is 4.90 Å². The van der Waals surface area contributed by atoms with Gasteiger partial charge in [-0.15, -0.1) is 0 Å². The quantitative estimate of drug-likeness (QED) is 0.769. The van der Waals surface area contributed by atoms with Crippen molar-refractivity contribution in [3.8, 4) is 0 Å². The molecule has 0 unspecified atom stereocenters. The van der Waals surface area contributed by atoms with Gasteiger partial charge in [0.1, 0.15) is 0 Å². The molecule has 0 radical (unpaired) electrons. The highest BCUT2D eigenvalue weighted by atomic mass is 16.2. The van der Waals surface area contributed by atoms with Crippen LogP contribution in [-0.2, 0) is 11.3 Å². The van der Waals surface area contributed by atoms with Crippen LogP contribution in [0.15, 0.2) is 42.7 Å². The van der Waals surface area contributed by atoms with E-state index in [1.54, 1.807) is 24.5 Å². The van der Waals surface area contributed by atoms with E-state index in [0.29, 0.717) is 12.1 Å². The van der Waals surface area contributed by atoms with Crippen LogP contribution in [0, 0.1) is 6.92 Å². The Morgan fingerprint density at radius 1 is 1.16 bits per heavy atom. The SMILES string of the molecule is Cc1cccc2c1N(Cc1cccnc1)C(=O)C2=O. The van der Waals surface area contributed by atoms with E-state index < -0.39 is 11.7 Å². The number of benzene rings is 1. The number of Topliss-reactive ketones (excluding diaryl/α,β-unsaturated/α-hetero) is 1. The first-order valence-corrected chi connectivity index (χ1v) is 6.03.